The molecule has 1 aromatic carbocycles. The van der Waals surface area contributed by atoms with Crippen molar-refractivity contribution in [2.45, 2.75) is 13.5 Å². The van der Waals surface area contributed by atoms with E-state index in [0.29, 0.717) is 5.88 Å². The first-order valence-electron chi connectivity index (χ1n) is 4.53. The van der Waals surface area contributed by atoms with Crippen molar-refractivity contribution in [2.75, 3.05) is 19.5 Å². The summed E-state index contributed by atoms with van der Waals surface area (Å²) in [5, 5.41) is 0. The highest BCUT2D eigenvalue weighted by Crippen LogP contribution is 2.08. The number of benzene rings is 1. The van der Waals surface area contributed by atoms with Gasteiger partial charge in [0.25, 0.3) is 0 Å². The largest absolute Gasteiger partial charge is 0.301 e. The van der Waals surface area contributed by atoms with Crippen molar-refractivity contribution >= 4 is 11.6 Å². The van der Waals surface area contributed by atoms with E-state index in [1.807, 2.05) is 0 Å². The summed E-state index contributed by atoms with van der Waals surface area (Å²) in [4.78, 5) is 2.23. The molecule has 0 fully saturated rings. The number of nitrogens with zero attached hydrogens (tertiary/aromatic N) is 1. The number of rotatable bonds is 4. The summed E-state index contributed by atoms with van der Waals surface area (Å²) in [6.07, 6.45) is 0. The van der Waals surface area contributed by atoms with Crippen LogP contribution in [-0.4, -0.2) is 24.4 Å². The number of hydrogen-bond donors (Lipinski definition) is 0. The Morgan fingerprint density at radius 2 is 2.00 bits per heavy atom. The minimum absolute atomic E-state index is 0.697. The number of hydrogen-bond acceptors (Lipinski definition) is 1. The molecule has 1 aromatic rings. The molecule has 0 aliphatic rings. The molecule has 0 aliphatic carbocycles. The quantitative estimate of drug-likeness (QED) is 0.671. The second kappa shape index (κ2) is 5.25. The normalized spacial score (nSPS) is 10.8. The van der Waals surface area contributed by atoms with Crippen LogP contribution in [0.5, 0.6) is 0 Å². The average Bonchev–Trinajstić information content (AvgIpc) is 2.09. The smallest absolute Gasteiger partial charge is 0.0351 e. The van der Waals surface area contributed by atoms with Gasteiger partial charge in [0.05, 0.1) is 0 Å². The van der Waals surface area contributed by atoms with Gasteiger partial charge in [-0.1, -0.05) is 24.3 Å². The Hall–Kier alpha value is -0.530. The lowest BCUT2D eigenvalue weighted by Gasteiger charge is -2.16. The van der Waals surface area contributed by atoms with Crippen molar-refractivity contribution in [3.8, 4) is 0 Å². The SMILES string of the molecule is Cc1ccccc1CN(C)CCCl. The molecule has 0 aliphatic heterocycles. The van der Waals surface area contributed by atoms with E-state index in [1.165, 1.54) is 11.1 Å². The molecule has 0 saturated carbocycles. The van der Waals surface area contributed by atoms with E-state index in [4.69, 9.17) is 11.6 Å². The van der Waals surface area contributed by atoms with Gasteiger partial charge in [-0.25, -0.2) is 0 Å². The molecule has 1 rings (SSSR count). The van der Waals surface area contributed by atoms with Crippen LogP contribution >= 0.6 is 11.6 Å². The van der Waals surface area contributed by atoms with Gasteiger partial charge in [0.2, 0.25) is 0 Å². The maximum Gasteiger partial charge on any atom is 0.0351 e. The fourth-order valence-corrected chi connectivity index (χ4v) is 1.59. The minimum Gasteiger partial charge on any atom is -0.301 e. The molecule has 0 aromatic heterocycles. The van der Waals surface area contributed by atoms with Crippen molar-refractivity contribution in [2.24, 2.45) is 0 Å². The van der Waals surface area contributed by atoms with Crippen LogP contribution in [0, 0.1) is 6.92 Å². The Kier molecular flexibility index (Phi) is 4.26. The first-order chi connectivity index (χ1) is 6.24. The van der Waals surface area contributed by atoms with Gasteiger partial charge < -0.3 is 4.90 Å². The fraction of sp³-hybridized carbons (Fsp3) is 0.455. The molecule has 0 spiro atoms. The molecule has 1 nitrogen and oxygen atoms in total. The highest BCUT2D eigenvalue weighted by atomic mass is 35.5. The molecule has 0 N–H and O–H groups in total. The summed E-state index contributed by atoms with van der Waals surface area (Å²) in [5.74, 6) is 0.697. The zero-order valence-corrected chi connectivity index (χ0v) is 9.01. The number of aryl methyl sites for hydroxylation is 1. The zero-order chi connectivity index (χ0) is 9.68. The van der Waals surface area contributed by atoms with Crippen LogP contribution in [0.2, 0.25) is 0 Å². The second-order valence-electron chi connectivity index (χ2n) is 3.35. The molecular formula is C11H16ClN. The van der Waals surface area contributed by atoms with Crippen molar-refractivity contribution in [1.82, 2.24) is 4.90 Å². The Bertz CT molecular complexity index is 260. The maximum atomic E-state index is 5.66. The Morgan fingerprint density at radius 1 is 1.31 bits per heavy atom. The highest BCUT2D eigenvalue weighted by molar-refractivity contribution is 6.18. The predicted octanol–water partition coefficient (Wildman–Crippen LogP) is 2.67. The molecule has 0 radical (unpaired) electrons. The standard InChI is InChI=1S/C11H16ClN/c1-10-5-3-4-6-11(10)9-13(2)8-7-12/h3-6H,7-9H2,1-2H3. The summed E-state index contributed by atoms with van der Waals surface area (Å²) >= 11 is 5.66. The van der Waals surface area contributed by atoms with Crippen LogP contribution < -0.4 is 0 Å². The summed E-state index contributed by atoms with van der Waals surface area (Å²) < 4.78 is 0. The molecule has 13 heavy (non-hydrogen) atoms. The van der Waals surface area contributed by atoms with E-state index in [-0.39, 0.29) is 0 Å². The lowest BCUT2D eigenvalue weighted by atomic mass is 10.1. The molecule has 0 amide bonds. The molecule has 72 valence electrons. The van der Waals surface area contributed by atoms with Gasteiger partial charge in [0.1, 0.15) is 0 Å². The van der Waals surface area contributed by atoms with Gasteiger partial charge in [-0.15, -0.1) is 11.6 Å². The van der Waals surface area contributed by atoms with Crippen LogP contribution in [0.3, 0.4) is 0 Å². The van der Waals surface area contributed by atoms with Crippen molar-refractivity contribution in [1.29, 1.82) is 0 Å². The van der Waals surface area contributed by atoms with Crippen LogP contribution in [0.4, 0.5) is 0 Å². The van der Waals surface area contributed by atoms with E-state index in [2.05, 4.69) is 43.1 Å². The van der Waals surface area contributed by atoms with Gasteiger partial charge in [-0.3, -0.25) is 0 Å². The zero-order valence-electron chi connectivity index (χ0n) is 8.26. The Balaban J connectivity index is 2.58. The summed E-state index contributed by atoms with van der Waals surface area (Å²) in [7, 11) is 2.09. The third-order valence-corrected chi connectivity index (χ3v) is 2.34. The topological polar surface area (TPSA) is 3.24 Å². The minimum atomic E-state index is 0.697. The van der Waals surface area contributed by atoms with Gasteiger partial charge >= 0.3 is 0 Å². The number of alkyl halides is 1. The Labute approximate surface area is 85.3 Å². The van der Waals surface area contributed by atoms with Gasteiger partial charge in [-0.05, 0) is 25.1 Å². The molecule has 0 bridgehead atoms. The fourth-order valence-electron chi connectivity index (χ4n) is 1.30. The lowest BCUT2D eigenvalue weighted by molar-refractivity contribution is 0.347. The van der Waals surface area contributed by atoms with E-state index in [9.17, 15) is 0 Å². The second-order valence-corrected chi connectivity index (χ2v) is 3.73. The van der Waals surface area contributed by atoms with E-state index in [0.717, 1.165) is 13.1 Å². The first-order valence-corrected chi connectivity index (χ1v) is 5.06. The summed E-state index contributed by atoms with van der Waals surface area (Å²) in [6.45, 7) is 4.07. The molecule has 0 heterocycles. The van der Waals surface area contributed by atoms with E-state index < -0.39 is 0 Å². The summed E-state index contributed by atoms with van der Waals surface area (Å²) in [5.41, 5.74) is 2.74. The number of halogens is 1. The van der Waals surface area contributed by atoms with Crippen molar-refractivity contribution < 1.29 is 0 Å². The highest BCUT2D eigenvalue weighted by Gasteiger charge is 2.00. The predicted molar refractivity (Wildman–Crippen MR) is 58.2 cm³/mol. The maximum absolute atomic E-state index is 5.66. The van der Waals surface area contributed by atoms with E-state index in [1.54, 1.807) is 0 Å². The third-order valence-electron chi connectivity index (χ3n) is 2.17. The van der Waals surface area contributed by atoms with Crippen LogP contribution in [-0.2, 0) is 6.54 Å². The molecule has 0 atom stereocenters. The summed E-state index contributed by atoms with van der Waals surface area (Å²) in [6, 6.07) is 8.46. The molecule has 2 heteroatoms. The van der Waals surface area contributed by atoms with Crippen molar-refractivity contribution in [3.05, 3.63) is 35.4 Å². The van der Waals surface area contributed by atoms with Crippen LogP contribution in [0.1, 0.15) is 11.1 Å². The van der Waals surface area contributed by atoms with Gasteiger partial charge in [0, 0.05) is 19.0 Å². The first kappa shape index (κ1) is 10.6. The third kappa shape index (κ3) is 3.37. The molecule has 0 saturated heterocycles. The van der Waals surface area contributed by atoms with E-state index >= 15 is 0 Å². The van der Waals surface area contributed by atoms with Crippen LogP contribution in [0.25, 0.3) is 0 Å². The monoisotopic (exact) mass is 197 g/mol. The molecular weight excluding hydrogens is 182 g/mol. The lowest BCUT2D eigenvalue weighted by Crippen LogP contribution is -2.20. The van der Waals surface area contributed by atoms with Crippen molar-refractivity contribution in [3.63, 3.8) is 0 Å². The molecule has 0 unspecified atom stereocenters. The van der Waals surface area contributed by atoms with Gasteiger partial charge in [-0.2, -0.15) is 0 Å². The average molecular weight is 198 g/mol. The Morgan fingerprint density at radius 3 is 2.62 bits per heavy atom. The van der Waals surface area contributed by atoms with Gasteiger partial charge in [0.15, 0.2) is 0 Å². The van der Waals surface area contributed by atoms with Crippen LogP contribution in [0.15, 0.2) is 24.3 Å².